The lowest BCUT2D eigenvalue weighted by molar-refractivity contribution is -0.138. The fourth-order valence-corrected chi connectivity index (χ4v) is 3.22. The van der Waals surface area contributed by atoms with Crippen LogP contribution in [-0.2, 0) is 9.59 Å². The van der Waals surface area contributed by atoms with Crippen molar-refractivity contribution in [1.29, 1.82) is 0 Å². The Hall–Kier alpha value is -2.51. The van der Waals surface area contributed by atoms with E-state index in [1.54, 1.807) is 4.90 Å². The van der Waals surface area contributed by atoms with Crippen LogP contribution < -0.4 is 10.6 Å². The Bertz CT molecular complexity index is 737. The number of rotatable bonds is 7. The number of likely N-dealkylation sites (tertiary alicyclic amines) is 1. The molecule has 1 aromatic rings. The molecule has 0 bridgehead atoms. The van der Waals surface area contributed by atoms with Gasteiger partial charge in [0.05, 0.1) is 5.56 Å². The van der Waals surface area contributed by atoms with E-state index in [4.69, 9.17) is 0 Å². The molecule has 1 heterocycles. The molecule has 2 fully saturated rings. The quantitative estimate of drug-likeness (QED) is 0.709. The van der Waals surface area contributed by atoms with Gasteiger partial charge in [-0.25, -0.2) is 8.78 Å². The van der Waals surface area contributed by atoms with Crippen LogP contribution >= 0.6 is 0 Å². The first-order chi connectivity index (χ1) is 13.0. The van der Waals surface area contributed by atoms with E-state index in [0.717, 1.165) is 31.4 Å². The maximum absolute atomic E-state index is 13.6. The minimum Gasteiger partial charge on any atom is -0.352 e. The highest BCUT2D eigenvalue weighted by Gasteiger charge is 2.36. The molecule has 146 valence electrons. The number of amides is 3. The predicted octanol–water partition coefficient (Wildman–Crippen LogP) is 1.74. The van der Waals surface area contributed by atoms with Crippen molar-refractivity contribution in [3.63, 3.8) is 0 Å². The zero-order valence-electron chi connectivity index (χ0n) is 15.0. The van der Waals surface area contributed by atoms with Gasteiger partial charge < -0.3 is 15.5 Å². The normalized spacial score (nSPS) is 19.0. The molecule has 1 aliphatic carbocycles. The molecule has 1 saturated heterocycles. The van der Waals surface area contributed by atoms with E-state index >= 15 is 0 Å². The molecule has 0 radical (unpaired) electrons. The van der Waals surface area contributed by atoms with Crippen molar-refractivity contribution < 1.29 is 23.2 Å². The molecule has 1 unspecified atom stereocenters. The standard InChI is InChI=1S/C19H23F2N3O3/c20-12-5-8-14(15(21)11-12)18(26)22-9-1-4-17(25)24-10-2-3-16(24)19(27)23-13-6-7-13/h5,8,11,13,16H,1-4,6-7,9-10H2,(H,22,26)(H,23,27). The molecule has 3 amide bonds. The zero-order chi connectivity index (χ0) is 19.4. The van der Waals surface area contributed by atoms with Crippen molar-refractivity contribution in [2.75, 3.05) is 13.1 Å². The first-order valence-corrected chi connectivity index (χ1v) is 9.29. The summed E-state index contributed by atoms with van der Waals surface area (Å²) < 4.78 is 26.4. The van der Waals surface area contributed by atoms with E-state index in [0.29, 0.717) is 25.5 Å². The molecule has 2 N–H and O–H groups in total. The molecule has 0 spiro atoms. The third-order valence-electron chi connectivity index (χ3n) is 4.83. The first-order valence-electron chi connectivity index (χ1n) is 9.29. The van der Waals surface area contributed by atoms with Gasteiger partial charge in [-0.2, -0.15) is 0 Å². The molecule has 1 aliphatic heterocycles. The second-order valence-corrected chi connectivity index (χ2v) is 7.01. The van der Waals surface area contributed by atoms with Crippen LogP contribution in [0.15, 0.2) is 18.2 Å². The number of benzene rings is 1. The van der Waals surface area contributed by atoms with Crippen LogP contribution in [0.1, 0.15) is 48.9 Å². The fraction of sp³-hybridized carbons (Fsp3) is 0.526. The zero-order valence-corrected chi connectivity index (χ0v) is 15.0. The van der Waals surface area contributed by atoms with Crippen LogP contribution in [0.25, 0.3) is 0 Å². The number of nitrogens with zero attached hydrogens (tertiary/aromatic N) is 1. The summed E-state index contributed by atoms with van der Waals surface area (Å²) in [4.78, 5) is 38.1. The number of carbonyl (C=O) groups excluding carboxylic acids is 3. The van der Waals surface area contributed by atoms with Gasteiger partial charge in [0.15, 0.2) is 0 Å². The van der Waals surface area contributed by atoms with Gasteiger partial charge in [-0.15, -0.1) is 0 Å². The van der Waals surface area contributed by atoms with E-state index in [-0.39, 0.29) is 36.4 Å². The van der Waals surface area contributed by atoms with E-state index in [1.807, 2.05) is 0 Å². The first kappa shape index (κ1) is 19.3. The number of halogens is 2. The van der Waals surface area contributed by atoms with Gasteiger partial charge in [0.25, 0.3) is 5.91 Å². The van der Waals surface area contributed by atoms with Gasteiger partial charge >= 0.3 is 0 Å². The summed E-state index contributed by atoms with van der Waals surface area (Å²) in [5, 5.41) is 5.46. The molecule has 2 aliphatic rings. The predicted molar refractivity (Wildman–Crippen MR) is 93.8 cm³/mol. The summed E-state index contributed by atoms with van der Waals surface area (Å²) in [7, 11) is 0. The van der Waals surface area contributed by atoms with Crippen LogP contribution in [0.5, 0.6) is 0 Å². The van der Waals surface area contributed by atoms with Crippen molar-refractivity contribution in [2.24, 2.45) is 0 Å². The Morgan fingerprint density at radius 3 is 2.63 bits per heavy atom. The lowest BCUT2D eigenvalue weighted by Crippen LogP contribution is -2.46. The average molecular weight is 379 g/mol. The van der Waals surface area contributed by atoms with Crippen LogP contribution in [0.2, 0.25) is 0 Å². The largest absolute Gasteiger partial charge is 0.352 e. The van der Waals surface area contributed by atoms with Gasteiger partial charge in [-0.1, -0.05) is 0 Å². The van der Waals surface area contributed by atoms with E-state index in [1.165, 1.54) is 0 Å². The minimum absolute atomic E-state index is 0.0802. The molecule has 1 aromatic carbocycles. The molecule has 0 aromatic heterocycles. The average Bonchev–Trinajstić information content (AvgIpc) is 3.29. The Kier molecular flexibility index (Phi) is 6.03. The SMILES string of the molecule is O=C(NCCCC(=O)N1CCCC1C(=O)NC1CC1)c1ccc(F)cc1F. The third kappa shape index (κ3) is 5.02. The Morgan fingerprint density at radius 2 is 1.93 bits per heavy atom. The van der Waals surface area contributed by atoms with Gasteiger partial charge in [-0.05, 0) is 44.2 Å². The van der Waals surface area contributed by atoms with E-state index in [2.05, 4.69) is 10.6 Å². The Labute approximate surface area is 156 Å². The van der Waals surface area contributed by atoms with Crippen molar-refractivity contribution in [3.05, 3.63) is 35.4 Å². The topological polar surface area (TPSA) is 78.5 Å². The van der Waals surface area contributed by atoms with Gasteiger partial charge in [0.1, 0.15) is 17.7 Å². The highest BCUT2D eigenvalue weighted by atomic mass is 19.1. The fourth-order valence-electron chi connectivity index (χ4n) is 3.22. The summed E-state index contributed by atoms with van der Waals surface area (Å²) in [5.41, 5.74) is -0.237. The number of carbonyl (C=O) groups is 3. The highest BCUT2D eigenvalue weighted by molar-refractivity contribution is 5.94. The summed E-state index contributed by atoms with van der Waals surface area (Å²) in [6.07, 6.45) is 4.04. The molecule has 6 nitrogen and oxygen atoms in total. The van der Waals surface area contributed by atoms with Gasteiger partial charge in [-0.3, -0.25) is 14.4 Å². The second-order valence-electron chi connectivity index (χ2n) is 7.01. The van der Waals surface area contributed by atoms with Crippen molar-refractivity contribution in [2.45, 2.75) is 50.6 Å². The number of hydrogen-bond donors (Lipinski definition) is 2. The maximum Gasteiger partial charge on any atom is 0.254 e. The van der Waals surface area contributed by atoms with Gasteiger partial charge in [0.2, 0.25) is 11.8 Å². The van der Waals surface area contributed by atoms with Crippen LogP contribution in [-0.4, -0.2) is 47.8 Å². The lowest BCUT2D eigenvalue weighted by atomic mass is 10.1. The lowest BCUT2D eigenvalue weighted by Gasteiger charge is -2.24. The monoisotopic (exact) mass is 379 g/mol. The number of nitrogens with one attached hydrogen (secondary N) is 2. The van der Waals surface area contributed by atoms with E-state index in [9.17, 15) is 23.2 Å². The van der Waals surface area contributed by atoms with Crippen LogP contribution in [0, 0.1) is 11.6 Å². The minimum atomic E-state index is -0.926. The molecule has 1 atom stereocenters. The molecule has 3 rings (SSSR count). The molecule has 8 heteroatoms. The van der Waals surface area contributed by atoms with E-state index < -0.39 is 23.6 Å². The maximum atomic E-state index is 13.6. The summed E-state index contributed by atoms with van der Waals surface area (Å²) >= 11 is 0. The summed E-state index contributed by atoms with van der Waals surface area (Å²) in [5.74, 6) is -2.53. The van der Waals surface area contributed by atoms with Crippen LogP contribution in [0.4, 0.5) is 8.78 Å². The highest BCUT2D eigenvalue weighted by Crippen LogP contribution is 2.23. The molecule has 1 saturated carbocycles. The molecular formula is C19H23F2N3O3. The molecular weight excluding hydrogens is 356 g/mol. The smallest absolute Gasteiger partial charge is 0.254 e. The summed E-state index contributed by atoms with van der Waals surface area (Å²) in [6.45, 7) is 0.753. The van der Waals surface area contributed by atoms with Gasteiger partial charge in [0, 0.05) is 31.6 Å². The summed E-state index contributed by atoms with van der Waals surface area (Å²) in [6, 6.07) is 2.61. The molecule has 27 heavy (non-hydrogen) atoms. The van der Waals surface area contributed by atoms with Crippen molar-refractivity contribution in [1.82, 2.24) is 15.5 Å². The number of hydrogen-bond acceptors (Lipinski definition) is 3. The Balaban J connectivity index is 1.42. The van der Waals surface area contributed by atoms with Crippen molar-refractivity contribution in [3.8, 4) is 0 Å². The third-order valence-corrected chi connectivity index (χ3v) is 4.83. The Morgan fingerprint density at radius 1 is 1.15 bits per heavy atom. The van der Waals surface area contributed by atoms with Crippen molar-refractivity contribution >= 4 is 17.7 Å². The van der Waals surface area contributed by atoms with Crippen LogP contribution in [0.3, 0.4) is 0 Å². The second kappa shape index (κ2) is 8.45.